The molecular formula is C11H10N2O9S3. The molecule has 0 heterocycles. The highest BCUT2D eigenvalue weighted by Crippen LogP contribution is 2.35. The highest BCUT2D eigenvalue weighted by Gasteiger charge is 2.24. The molecule has 25 heavy (non-hydrogen) atoms. The summed E-state index contributed by atoms with van der Waals surface area (Å²) in [7, 11) is -13.5. The fourth-order valence-electron chi connectivity index (χ4n) is 2.07. The number of hydrogen-bond acceptors (Lipinski definition) is 8. The number of fused-ring (bicyclic) bond motifs is 1. The first-order valence-electron chi connectivity index (χ1n) is 6.09. The van der Waals surface area contributed by atoms with Gasteiger partial charge >= 0.3 is 0 Å². The van der Waals surface area contributed by atoms with E-state index in [0.717, 1.165) is 18.2 Å². The van der Waals surface area contributed by atoms with Crippen molar-refractivity contribution < 1.29 is 38.9 Å². The molecule has 0 unspecified atom stereocenters. The van der Waals surface area contributed by atoms with Gasteiger partial charge in [0.1, 0.15) is 15.5 Å². The minimum absolute atomic E-state index is 0.301. The molecule has 0 saturated heterocycles. The van der Waals surface area contributed by atoms with Gasteiger partial charge in [-0.1, -0.05) is 0 Å². The maximum Gasteiger partial charge on any atom is 0.296 e. The van der Waals surface area contributed by atoms with Crippen molar-refractivity contribution in [3.8, 4) is 0 Å². The molecule has 0 amide bonds. The molecule has 0 saturated carbocycles. The van der Waals surface area contributed by atoms with Crippen molar-refractivity contribution in [2.24, 2.45) is 10.2 Å². The minimum Gasteiger partial charge on any atom is -0.282 e. The largest absolute Gasteiger partial charge is 0.296 e. The summed E-state index contributed by atoms with van der Waals surface area (Å²) in [4.78, 5) is -2.59. The van der Waals surface area contributed by atoms with Crippen molar-refractivity contribution in [2.45, 2.75) is 14.7 Å². The topological polar surface area (TPSA) is 188 Å². The van der Waals surface area contributed by atoms with Crippen molar-refractivity contribution in [3.05, 3.63) is 24.3 Å². The molecule has 0 aliphatic rings. The molecule has 0 spiro atoms. The van der Waals surface area contributed by atoms with Gasteiger partial charge in [-0.3, -0.25) is 13.7 Å². The summed E-state index contributed by atoms with van der Waals surface area (Å²) in [5.41, 5.74) is -0.443. The van der Waals surface area contributed by atoms with Crippen molar-refractivity contribution >= 4 is 46.8 Å². The van der Waals surface area contributed by atoms with Crippen LogP contribution in [0.3, 0.4) is 0 Å². The molecule has 0 aliphatic heterocycles. The van der Waals surface area contributed by atoms with E-state index in [4.69, 9.17) is 4.55 Å². The van der Waals surface area contributed by atoms with E-state index in [1.807, 2.05) is 0 Å². The van der Waals surface area contributed by atoms with Crippen molar-refractivity contribution in [1.29, 1.82) is 0 Å². The Morgan fingerprint density at radius 1 is 0.760 bits per heavy atom. The quantitative estimate of drug-likeness (QED) is 0.492. The first-order valence-corrected chi connectivity index (χ1v) is 10.4. The van der Waals surface area contributed by atoms with Gasteiger partial charge in [-0.2, -0.15) is 35.5 Å². The average molecular weight is 410 g/mol. The predicted octanol–water partition coefficient (Wildman–Crippen LogP) is 1.29. The van der Waals surface area contributed by atoms with Crippen LogP contribution >= 0.6 is 0 Å². The number of hydrogen-bond donors (Lipinski definition) is 3. The monoisotopic (exact) mass is 410 g/mol. The Morgan fingerprint density at radius 2 is 1.32 bits per heavy atom. The van der Waals surface area contributed by atoms with Crippen LogP contribution in [0.1, 0.15) is 0 Å². The Kier molecular flexibility index (Phi) is 4.71. The van der Waals surface area contributed by atoms with Gasteiger partial charge in [-0.15, -0.1) is 0 Å². The molecule has 0 fully saturated rings. The lowest BCUT2D eigenvalue weighted by atomic mass is 10.1. The summed E-state index contributed by atoms with van der Waals surface area (Å²) in [6, 6.07) is 2.87. The third kappa shape index (κ3) is 4.00. The Morgan fingerprint density at radius 3 is 1.76 bits per heavy atom. The van der Waals surface area contributed by atoms with Gasteiger partial charge < -0.3 is 0 Å². The first kappa shape index (κ1) is 19.4. The molecule has 11 nitrogen and oxygen atoms in total. The third-order valence-corrected chi connectivity index (χ3v) is 5.64. The summed E-state index contributed by atoms with van der Waals surface area (Å²) in [5, 5.41) is 6.18. The van der Waals surface area contributed by atoms with Gasteiger partial charge in [-0.05, 0) is 29.7 Å². The van der Waals surface area contributed by atoms with Crippen LogP contribution in [0.5, 0.6) is 0 Å². The van der Waals surface area contributed by atoms with Crippen LogP contribution < -0.4 is 0 Å². The van der Waals surface area contributed by atoms with Crippen molar-refractivity contribution in [3.63, 3.8) is 0 Å². The normalized spacial score (nSPS) is 13.6. The molecule has 2 rings (SSSR count). The summed E-state index contributed by atoms with van der Waals surface area (Å²) in [6.45, 7) is 0. The summed E-state index contributed by atoms with van der Waals surface area (Å²) in [6.07, 6.45) is 0. The molecule has 14 heteroatoms. The van der Waals surface area contributed by atoms with E-state index < -0.39 is 50.7 Å². The van der Waals surface area contributed by atoms with Gasteiger partial charge in [0.25, 0.3) is 30.4 Å². The van der Waals surface area contributed by atoms with E-state index in [2.05, 4.69) is 10.2 Å². The van der Waals surface area contributed by atoms with Crippen LogP contribution in [0, 0.1) is 0 Å². The van der Waals surface area contributed by atoms with E-state index in [9.17, 15) is 34.4 Å². The standard InChI is InChI=1S/C11H10N2O9S3/c1-12-13-9-5-8-6(3-11(9)25(20,21)22)2-7(23(14,15)16)4-10(8)24(17,18)19/h2-5H,1H3,(H,14,15,16)(H,17,18,19)(H,20,21,22). The fourth-order valence-corrected chi connectivity index (χ4v) is 4.06. The number of azo groups is 1. The maximum atomic E-state index is 11.5. The molecule has 3 N–H and O–H groups in total. The number of nitrogens with zero attached hydrogens (tertiary/aromatic N) is 2. The highest BCUT2D eigenvalue weighted by molar-refractivity contribution is 7.87. The Hall–Kier alpha value is -1.97. The fraction of sp³-hybridized carbons (Fsp3) is 0.0909. The van der Waals surface area contributed by atoms with E-state index in [1.165, 1.54) is 7.05 Å². The lowest BCUT2D eigenvalue weighted by Crippen LogP contribution is -2.05. The van der Waals surface area contributed by atoms with Gasteiger partial charge in [0.2, 0.25) is 0 Å². The Bertz CT molecular complexity index is 1210. The predicted molar refractivity (Wildman–Crippen MR) is 83.8 cm³/mol. The molecule has 0 aromatic heterocycles. The average Bonchev–Trinajstić information content (AvgIpc) is 2.42. The summed E-state index contributed by atoms with van der Waals surface area (Å²) in [5.74, 6) is 0. The maximum absolute atomic E-state index is 11.5. The SMILES string of the molecule is CN=Nc1cc2c(S(=O)(=O)O)cc(S(=O)(=O)O)cc2cc1S(=O)(=O)O. The minimum atomic E-state index is -4.95. The first-order chi connectivity index (χ1) is 11.2. The van der Waals surface area contributed by atoms with Gasteiger partial charge in [0, 0.05) is 12.4 Å². The molecule has 0 aliphatic carbocycles. The molecule has 0 radical (unpaired) electrons. The molecule has 0 bridgehead atoms. The molecular weight excluding hydrogens is 400 g/mol. The summed E-state index contributed by atoms with van der Waals surface area (Å²) < 4.78 is 96.2. The number of benzene rings is 2. The molecule has 2 aromatic rings. The van der Waals surface area contributed by atoms with E-state index >= 15 is 0 Å². The van der Waals surface area contributed by atoms with Crippen LogP contribution in [0.4, 0.5) is 5.69 Å². The summed E-state index contributed by atoms with van der Waals surface area (Å²) >= 11 is 0. The smallest absolute Gasteiger partial charge is 0.282 e. The third-order valence-electron chi connectivity index (χ3n) is 3.03. The van der Waals surface area contributed by atoms with Crippen LogP contribution in [-0.4, -0.2) is 46.0 Å². The second kappa shape index (κ2) is 6.08. The van der Waals surface area contributed by atoms with Crippen LogP contribution in [0.25, 0.3) is 10.8 Å². The molecule has 0 atom stereocenters. The molecule has 136 valence electrons. The zero-order chi connectivity index (χ0) is 19.2. The van der Waals surface area contributed by atoms with Gasteiger partial charge in [0.05, 0.1) is 4.90 Å². The lowest BCUT2D eigenvalue weighted by molar-refractivity contribution is 0.480. The Balaban J connectivity index is 3.14. The molecule has 2 aromatic carbocycles. The highest BCUT2D eigenvalue weighted by atomic mass is 32.2. The van der Waals surface area contributed by atoms with Crippen LogP contribution in [0.2, 0.25) is 0 Å². The Labute approximate surface area is 142 Å². The second-order valence-electron chi connectivity index (χ2n) is 4.69. The second-order valence-corrected chi connectivity index (χ2v) is 8.89. The van der Waals surface area contributed by atoms with Crippen molar-refractivity contribution in [2.75, 3.05) is 7.05 Å². The van der Waals surface area contributed by atoms with E-state index in [1.54, 1.807) is 0 Å². The zero-order valence-electron chi connectivity index (χ0n) is 12.2. The number of rotatable bonds is 4. The van der Waals surface area contributed by atoms with Crippen LogP contribution in [0.15, 0.2) is 49.2 Å². The van der Waals surface area contributed by atoms with Gasteiger partial charge in [0.15, 0.2) is 0 Å². The van der Waals surface area contributed by atoms with E-state index in [0.29, 0.717) is 6.07 Å². The van der Waals surface area contributed by atoms with Crippen LogP contribution in [-0.2, 0) is 30.4 Å². The zero-order valence-corrected chi connectivity index (χ0v) is 14.7. The van der Waals surface area contributed by atoms with E-state index in [-0.39, 0.29) is 10.8 Å². The lowest BCUT2D eigenvalue weighted by Gasteiger charge is -2.10. The van der Waals surface area contributed by atoms with Crippen molar-refractivity contribution in [1.82, 2.24) is 0 Å². The van der Waals surface area contributed by atoms with Gasteiger partial charge in [-0.25, -0.2) is 0 Å².